The molecule has 1 spiro atoms. The lowest BCUT2D eigenvalue weighted by Gasteiger charge is -2.46. The second-order valence-corrected chi connectivity index (χ2v) is 6.63. The predicted molar refractivity (Wildman–Crippen MR) is 74.4 cm³/mol. The van der Waals surface area contributed by atoms with Crippen molar-refractivity contribution in [3.63, 3.8) is 0 Å². The third kappa shape index (κ3) is 1.95. The Hall–Kier alpha value is -1.10. The Kier molecular flexibility index (Phi) is 3.04. The number of piperidine rings is 1. The molecule has 3 heterocycles. The lowest BCUT2D eigenvalue weighted by Crippen LogP contribution is -2.58. The summed E-state index contributed by atoms with van der Waals surface area (Å²) in [6, 6.07) is 0.501. The Bertz CT molecular complexity index is 408. The molecule has 0 aromatic rings. The van der Waals surface area contributed by atoms with Gasteiger partial charge in [0.15, 0.2) is 0 Å². The van der Waals surface area contributed by atoms with Crippen LogP contribution < -0.4 is 5.32 Å². The number of hydrogen-bond donors (Lipinski definition) is 2. The molecule has 2 atom stereocenters. The van der Waals surface area contributed by atoms with Crippen LogP contribution in [-0.2, 0) is 0 Å². The van der Waals surface area contributed by atoms with Crippen LogP contribution in [0.4, 0.5) is 4.79 Å². The molecule has 19 heavy (non-hydrogen) atoms. The zero-order valence-electron chi connectivity index (χ0n) is 11.9. The summed E-state index contributed by atoms with van der Waals surface area (Å²) in [7, 11) is 0. The smallest absolute Gasteiger partial charge is 0.311 e. The van der Waals surface area contributed by atoms with Crippen molar-refractivity contribution < 1.29 is 4.79 Å². The first-order chi connectivity index (χ1) is 9.03. The Balaban J connectivity index is 1.86. The van der Waals surface area contributed by atoms with Crippen LogP contribution in [0.2, 0.25) is 0 Å². The first-order valence-electron chi connectivity index (χ1n) is 7.44. The van der Waals surface area contributed by atoms with Crippen LogP contribution in [-0.4, -0.2) is 52.9 Å². The van der Waals surface area contributed by atoms with Crippen LogP contribution in [0, 0.1) is 11.3 Å². The number of carbonyl (C=O) groups is 1. The summed E-state index contributed by atoms with van der Waals surface area (Å²) in [6.45, 7) is 7.23. The van der Waals surface area contributed by atoms with Crippen molar-refractivity contribution in [2.75, 3.05) is 19.6 Å². The molecule has 0 bridgehead atoms. The molecule has 2 amide bonds. The number of amides is 2. The minimum absolute atomic E-state index is 0.0647. The van der Waals surface area contributed by atoms with Gasteiger partial charge in [-0.2, -0.15) is 0 Å². The standard InChI is InChI=1S/C14H24N4O/c1-10(2)9-18-13(19)16-12(15)14(18)5-7-17-6-3-4-11(17)8-14/h10-11H,3-9H2,1-2H3,(H2,15,16,19). The van der Waals surface area contributed by atoms with Gasteiger partial charge in [-0.05, 0) is 38.1 Å². The van der Waals surface area contributed by atoms with E-state index in [0.29, 0.717) is 17.8 Å². The highest BCUT2D eigenvalue weighted by Crippen LogP contribution is 2.39. The van der Waals surface area contributed by atoms with Crippen LogP contribution in [0.15, 0.2) is 0 Å². The van der Waals surface area contributed by atoms with E-state index < -0.39 is 0 Å². The average molecular weight is 264 g/mol. The molecule has 3 aliphatic rings. The number of hydrogen-bond acceptors (Lipinski definition) is 3. The van der Waals surface area contributed by atoms with E-state index in [0.717, 1.165) is 25.9 Å². The van der Waals surface area contributed by atoms with Crippen molar-refractivity contribution in [2.45, 2.75) is 51.1 Å². The van der Waals surface area contributed by atoms with Crippen LogP contribution in [0.3, 0.4) is 0 Å². The summed E-state index contributed by atoms with van der Waals surface area (Å²) in [6.07, 6.45) is 4.34. The van der Waals surface area contributed by atoms with Gasteiger partial charge in [-0.15, -0.1) is 0 Å². The summed E-state index contributed by atoms with van der Waals surface area (Å²) in [5.41, 5.74) is -0.340. The van der Waals surface area contributed by atoms with E-state index in [1.54, 1.807) is 0 Å². The fourth-order valence-corrected chi connectivity index (χ4v) is 3.96. The van der Waals surface area contributed by atoms with Crippen molar-refractivity contribution in [3.05, 3.63) is 0 Å². The molecular formula is C14H24N4O. The molecule has 3 fully saturated rings. The maximum atomic E-state index is 12.1. The lowest BCUT2D eigenvalue weighted by molar-refractivity contribution is 0.0767. The molecule has 2 unspecified atom stereocenters. The number of fused-ring (bicyclic) bond motifs is 1. The SMILES string of the molecule is CC(C)CN1C(=O)NC(=N)C12CCN1CCCC1C2. The molecular weight excluding hydrogens is 240 g/mol. The zero-order valence-corrected chi connectivity index (χ0v) is 11.9. The number of nitrogens with one attached hydrogen (secondary N) is 2. The number of rotatable bonds is 2. The first kappa shape index (κ1) is 12.9. The largest absolute Gasteiger partial charge is 0.323 e. The van der Waals surface area contributed by atoms with Crippen LogP contribution in [0.5, 0.6) is 0 Å². The molecule has 5 heteroatoms. The molecule has 0 saturated carbocycles. The maximum Gasteiger partial charge on any atom is 0.323 e. The maximum absolute atomic E-state index is 12.1. The molecule has 2 N–H and O–H groups in total. The van der Waals surface area contributed by atoms with Gasteiger partial charge in [0, 0.05) is 19.1 Å². The Labute approximate surface area is 114 Å². The second kappa shape index (κ2) is 4.47. The highest BCUT2D eigenvalue weighted by atomic mass is 16.2. The minimum Gasteiger partial charge on any atom is -0.311 e. The fraction of sp³-hybridized carbons (Fsp3) is 0.857. The first-order valence-corrected chi connectivity index (χ1v) is 7.44. The number of amidine groups is 1. The predicted octanol–water partition coefficient (Wildman–Crippen LogP) is 1.64. The molecule has 0 aromatic carbocycles. The van der Waals surface area contributed by atoms with Crippen molar-refractivity contribution in [2.24, 2.45) is 5.92 Å². The van der Waals surface area contributed by atoms with E-state index >= 15 is 0 Å². The Morgan fingerprint density at radius 2 is 2.26 bits per heavy atom. The third-order valence-electron chi connectivity index (χ3n) is 4.89. The molecule has 3 aliphatic heterocycles. The van der Waals surface area contributed by atoms with Gasteiger partial charge in [0.2, 0.25) is 0 Å². The summed E-state index contributed by atoms with van der Waals surface area (Å²) >= 11 is 0. The molecule has 3 saturated heterocycles. The van der Waals surface area contributed by atoms with Crippen molar-refractivity contribution in [1.82, 2.24) is 15.1 Å². The fourth-order valence-electron chi connectivity index (χ4n) is 3.96. The molecule has 0 aliphatic carbocycles. The monoisotopic (exact) mass is 264 g/mol. The Morgan fingerprint density at radius 1 is 1.47 bits per heavy atom. The molecule has 5 nitrogen and oxygen atoms in total. The number of urea groups is 1. The van der Waals surface area contributed by atoms with E-state index in [1.807, 2.05) is 4.90 Å². The van der Waals surface area contributed by atoms with Crippen LogP contribution in [0.1, 0.15) is 39.5 Å². The van der Waals surface area contributed by atoms with Crippen molar-refractivity contribution in [1.29, 1.82) is 5.41 Å². The van der Waals surface area contributed by atoms with E-state index in [4.69, 9.17) is 5.41 Å². The van der Waals surface area contributed by atoms with E-state index in [-0.39, 0.29) is 11.6 Å². The van der Waals surface area contributed by atoms with E-state index in [9.17, 15) is 4.79 Å². The number of carbonyl (C=O) groups excluding carboxylic acids is 1. The molecule has 3 rings (SSSR count). The van der Waals surface area contributed by atoms with Gasteiger partial charge < -0.3 is 9.80 Å². The van der Waals surface area contributed by atoms with Gasteiger partial charge in [0.1, 0.15) is 11.4 Å². The number of nitrogens with zero attached hydrogens (tertiary/aromatic N) is 2. The van der Waals surface area contributed by atoms with Crippen LogP contribution >= 0.6 is 0 Å². The van der Waals surface area contributed by atoms with Crippen molar-refractivity contribution in [3.8, 4) is 0 Å². The summed E-state index contributed by atoms with van der Waals surface area (Å²) in [4.78, 5) is 16.6. The third-order valence-corrected chi connectivity index (χ3v) is 4.89. The Morgan fingerprint density at radius 3 is 3.00 bits per heavy atom. The average Bonchev–Trinajstić information content (AvgIpc) is 2.88. The van der Waals surface area contributed by atoms with E-state index in [1.165, 1.54) is 19.4 Å². The molecule has 0 radical (unpaired) electrons. The summed E-state index contributed by atoms with van der Waals surface area (Å²) in [5.74, 6) is 0.875. The zero-order chi connectivity index (χ0) is 13.6. The summed E-state index contributed by atoms with van der Waals surface area (Å²) in [5, 5.41) is 11.0. The van der Waals surface area contributed by atoms with Gasteiger partial charge in [-0.1, -0.05) is 13.8 Å². The molecule has 0 aromatic heterocycles. The summed E-state index contributed by atoms with van der Waals surface area (Å²) < 4.78 is 0. The van der Waals surface area contributed by atoms with Crippen LogP contribution in [0.25, 0.3) is 0 Å². The highest BCUT2D eigenvalue weighted by molar-refractivity contribution is 6.08. The van der Waals surface area contributed by atoms with Gasteiger partial charge in [0.05, 0.1) is 0 Å². The minimum atomic E-state index is -0.340. The van der Waals surface area contributed by atoms with Gasteiger partial charge >= 0.3 is 6.03 Å². The van der Waals surface area contributed by atoms with Gasteiger partial charge in [-0.25, -0.2) is 4.79 Å². The van der Waals surface area contributed by atoms with E-state index in [2.05, 4.69) is 24.1 Å². The molecule has 106 valence electrons. The van der Waals surface area contributed by atoms with Crippen molar-refractivity contribution >= 4 is 11.9 Å². The second-order valence-electron chi connectivity index (χ2n) is 6.63. The van der Waals surface area contributed by atoms with Gasteiger partial charge in [-0.3, -0.25) is 10.7 Å². The quantitative estimate of drug-likeness (QED) is 0.796. The van der Waals surface area contributed by atoms with Gasteiger partial charge in [0.25, 0.3) is 0 Å². The highest BCUT2D eigenvalue weighted by Gasteiger charge is 2.54. The topological polar surface area (TPSA) is 59.4 Å². The normalized spacial score (nSPS) is 35.3. The lowest BCUT2D eigenvalue weighted by atomic mass is 9.81.